The molecular weight excluding hydrogens is 1210 g/mol. The van der Waals surface area contributed by atoms with Crippen molar-refractivity contribution in [2.24, 2.45) is 0 Å². The molecule has 16 aromatic carbocycles. The van der Waals surface area contributed by atoms with Crippen LogP contribution in [0.3, 0.4) is 0 Å². The minimum atomic E-state index is 1.16. The largest absolute Gasteiger partial charge is 0.309 e. The fourth-order valence-corrected chi connectivity index (χ4v) is 15.5. The van der Waals surface area contributed by atoms with E-state index in [4.69, 9.17) is 0 Å². The molecule has 4 heterocycles. The van der Waals surface area contributed by atoms with E-state index in [0.717, 1.165) is 17.1 Å². The molecule has 0 aliphatic heterocycles. The summed E-state index contributed by atoms with van der Waals surface area (Å²) < 4.78 is 9.58. The highest BCUT2D eigenvalue weighted by atomic mass is 15.0. The van der Waals surface area contributed by atoms with Gasteiger partial charge in [0.15, 0.2) is 0 Å². The van der Waals surface area contributed by atoms with Gasteiger partial charge in [-0.1, -0.05) is 267 Å². The minimum absolute atomic E-state index is 1.16. The Kier molecular flexibility index (Phi) is 14.2. The molecule has 4 heteroatoms. The SMILES string of the molecule is c1ccc(-c2ccc(-c3cccc(-n4c5ccccc5c5cc(-c6ccc7c(c6)c6ccccc6n7-c6ccccc6)ccc54)c3)cc2)cc1.c1ccc(-c2ccc(-n3c4ccccc4c4cc(-c5ccc6c(c5)c5ccccc5n6-c5cccc(-c6ccccc6)c5)ccc43)cc2)cc1. The van der Waals surface area contributed by atoms with E-state index in [9.17, 15) is 0 Å². The molecule has 0 unspecified atom stereocenters. The molecule has 0 amide bonds. The standard InChI is InChI=1S/2C48H32N2/c1-3-12-33(13-4-1)34-22-24-35(25-23-34)36-14-11-17-40(30-36)50-46-21-10-8-19-42(46)44-32-38(27-29-48(44)50)37-26-28-47-43(31-37)41-18-7-9-20-45(41)49(47)39-15-5-2-6-16-39;1-3-12-33(13-4-1)35-22-26-39(27-23-35)49-45-20-9-7-18-41(45)43-31-37(24-28-47(43)49)38-25-29-48-44(32-38)42-19-8-10-21-46(42)50(48)40-17-11-16-36(30-40)34-14-5-2-6-15-34/h2*1-32H. The molecule has 0 spiro atoms. The maximum Gasteiger partial charge on any atom is 0.0541 e. The van der Waals surface area contributed by atoms with E-state index in [1.807, 2.05) is 0 Å². The van der Waals surface area contributed by atoms with Crippen molar-refractivity contribution in [2.75, 3.05) is 0 Å². The first-order valence-corrected chi connectivity index (χ1v) is 34.4. The van der Waals surface area contributed by atoms with Crippen molar-refractivity contribution in [1.82, 2.24) is 18.3 Å². The number of nitrogens with zero attached hydrogens (tertiary/aromatic N) is 4. The third-order valence-electron chi connectivity index (χ3n) is 20.2. The maximum absolute atomic E-state index is 2.41. The molecule has 100 heavy (non-hydrogen) atoms. The summed E-state index contributed by atoms with van der Waals surface area (Å²) in [5.41, 5.74) is 28.9. The highest BCUT2D eigenvalue weighted by Crippen LogP contribution is 2.42. The van der Waals surface area contributed by atoms with E-state index >= 15 is 0 Å². The van der Waals surface area contributed by atoms with Crippen LogP contribution in [0.4, 0.5) is 0 Å². The number of fused-ring (bicyclic) bond motifs is 12. The number of hydrogen-bond donors (Lipinski definition) is 0. The van der Waals surface area contributed by atoms with Crippen molar-refractivity contribution in [3.63, 3.8) is 0 Å². The van der Waals surface area contributed by atoms with Gasteiger partial charge in [0, 0.05) is 65.8 Å². The summed E-state index contributed by atoms with van der Waals surface area (Å²) in [6.45, 7) is 0. The molecule has 0 bridgehead atoms. The first kappa shape index (κ1) is 58.1. The molecule has 0 saturated heterocycles. The van der Waals surface area contributed by atoms with E-state index in [0.29, 0.717) is 0 Å². The van der Waals surface area contributed by atoms with Crippen molar-refractivity contribution in [1.29, 1.82) is 0 Å². The summed E-state index contributed by atoms with van der Waals surface area (Å²) in [7, 11) is 0. The predicted octanol–water partition coefficient (Wildman–Crippen LogP) is 25.8. The molecule has 0 radical (unpaired) electrons. The number of aromatic nitrogens is 4. The number of rotatable bonds is 10. The zero-order chi connectivity index (χ0) is 66.0. The molecule has 20 rings (SSSR count). The highest BCUT2D eigenvalue weighted by Gasteiger charge is 2.20. The predicted molar refractivity (Wildman–Crippen MR) is 423 cm³/mol. The van der Waals surface area contributed by atoms with Gasteiger partial charge in [0.25, 0.3) is 0 Å². The van der Waals surface area contributed by atoms with E-state index in [1.54, 1.807) is 0 Å². The number of benzene rings is 16. The lowest BCUT2D eigenvalue weighted by atomic mass is 10.00. The van der Waals surface area contributed by atoms with Crippen LogP contribution in [0, 0.1) is 0 Å². The molecule has 20 aromatic rings. The Balaban J connectivity index is 0.000000139. The van der Waals surface area contributed by atoms with Gasteiger partial charge in [0.1, 0.15) is 0 Å². The Hall–Kier alpha value is -13.3. The van der Waals surface area contributed by atoms with E-state index in [-0.39, 0.29) is 0 Å². The van der Waals surface area contributed by atoms with E-state index in [1.165, 1.54) is 160 Å². The third kappa shape index (κ3) is 10.1. The van der Waals surface area contributed by atoms with Crippen LogP contribution in [-0.4, -0.2) is 18.3 Å². The molecule has 0 atom stereocenters. The normalized spacial score (nSPS) is 11.6. The third-order valence-corrected chi connectivity index (χ3v) is 20.2. The van der Waals surface area contributed by atoms with Crippen LogP contribution in [0.25, 0.3) is 177 Å². The Bertz CT molecular complexity index is 6470. The molecule has 0 aliphatic carbocycles. The lowest BCUT2D eigenvalue weighted by Crippen LogP contribution is -1.94. The lowest BCUT2D eigenvalue weighted by molar-refractivity contribution is 1.18. The van der Waals surface area contributed by atoms with Crippen molar-refractivity contribution < 1.29 is 0 Å². The van der Waals surface area contributed by atoms with Crippen LogP contribution < -0.4 is 0 Å². The molecular formula is C96H64N4. The number of para-hydroxylation sites is 5. The molecule has 4 aromatic heterocycles. The van der Waals surface area contributed by atoms with Gasteiger partial charge in [-0.05, 0) is 188 Å². The second-order valence-corrected chi connectivity index (χ2v) is 26.0. The summed E-state index contributed by atoms with van der Waals surface area (Å²) in [5, 5.41) is 10.1. The fourth-order valence-electron chi connectivity index (χ4n) is 15.5. The second-order valence-electron chi connectivity index (χ2n) is 26.0. The minimum Gasteiger partial charge on any atom is -0.309 e. The quantitative estimate of drug-likeness (QED) is 0.130. The topological polar surface area (TPSA) is 19.7 Å². The fraction of sp³-hybridized carbons (Fsp3) is 0. The van der Waals surface area contributed by atoms with Crippen LogP contribution in [0.1, 0.15) is 0 Å². The molecule has 0 saturated carbocycles. The average Bonchev–Trinajstić information content (AvgIpc) is 1.60. The first-order chi connectivity index (χ1) is 49.6. The van der Waals surface area contributed by atoms with E-state index in [2.05, 4.69) is 407 Å². The van der Waals surface area contributed by atoms with Crippen molar-refractivity contribution in [3.8, 4) is 89.5 Å². The van der Waals surface area contributed by atoms with Crippen molar-refractivity contribution in [3.05, 3.63) is 388 Å². The van der Waals surface area contributed by atoms with Gasteiger partial charge in [0.05, 0.1) is 44.1 Å². The first-order valence-electron chi connectivity index (χ1n) is 34.4. The lowest BCUT2D eigenvalue weighted by Gasteiger charge is -2.11. The Morgan fingerprint density at radius 1 is 0.110 bits per heavy atom. The van der Waals surface area contributed by atoms with Crippen molar-refractivity contribution >= 4 is 87.2 Å². The van der Waals surface area contributed by atoms with Gasteiger partial charge in [-0.3, -0.25) is 0 Å². The molecule has 0 aliphatic rings. The molecule has 4 nitrogen and oxygen atoms in total. The van der Waals surface area contributed by atoms with Crippen molar-refractivity contribution in [2.45, 2.75) is 0 Å². The summed E-state index contributed by atoms with van der Waals surface area (Å²) in [6, 6.07) is 141. The molecule has 468 valence electrons. The van der Waals surface area contributed by atoms with E-state index < -0.39 is 0 Å². The summed E-state index contributed by atoms with van der Waals surface area (Å²) in [4.78, 5) is 0. The van der Waals surface area contributed by atoms with Crippen LogP contribution in [0.15, 0.2) is 388 Å². The van der Waals surface area contributed by atoms with Gasteiger partial charge in [-0.2, -0.15) is 0 Å². The van der Waals surface area contributed by atoms with Crippen LogP contribution in [0.5, 0.6) is 0 Å². The van der Waals surface area contributed by atoms with Gasteiger partial charge < -0.3 is 18.3 Å². The Morgan fingerprint density at radius 3 is 0.650 bits per heavy atom. The summed E-state index contributed by atoms with van der Waals surface area (Å²) in [5.74, 6) is 0. The zero-order valence-corrected chi connectivity index (χ0v) is 54.7. The zero-order valence-electron chi connectivity index (χ0n) is 54.7. The molecule has 0 N–H and O–H groups in total. The van der Waals surface area contributed by atoms with Gasteiger partial charge in [0.2, 0.25) is 0 Å². The Labute approximate surface area is 579 Å². The molecule has 0 fully saturated rings. The van der Waals surface area contributed by atoms with Gasteiger partial charge in [-0.25, -0.2) is 0 Å². The summed E-state index contributed by atoms with van der Waals surface area (Å²) >= 11 is 0. The summed E-state index contributed by atoms with van der Waals surface area (Å²) in [6.07, 6.45) is 0. The maximum atomic E-state index is 2.41. The average molecular weight is 1270 g/mol. The van der Waals surface area contributed by atoms with Crippen LogP contribution in [0.2, 0.25) is 0 Å². The van der Waals surface area contributed by atoms with Crippen LogP contribution >= 0.6 is 0 Å². The van der Waals surface area contributed by atoms with Gasteiger partial charge >= 0.3 is 0 Å². The van der Waals surface area contributed by atoms with Crippen LogP contribution in [-0.2, 0) is 0 Å². The van der Waals surface area contributed by atoms with Gasteiger partial charge in [-0.15, -0.1) is 0 Å². The monoisotopic (exact) mass is 1270 g/mol. The Morgan fingerprint density at radius 2 is 0.310 bits per heavy atom. The number of hydrogen-bond acceptors (Lipinski definition) is 0. The smallest absolute Gasteiger partial charge is 0.0541 e. The second kappa shape index (κ2) is 24.4. The highest BCUT2D eigenvalue weighted by molar-refractivity contribution is 6.15.